The van der Waals surface area contributed by atoms with Crippen LogP contribution < -0.4 is 4.74 Å². The topological polar surface area (TPSA) is 104 Å². The molecule has 1 aliphatic heterocycles. The van der Waals surface area contributed by atoms with Crippen molar-refractivity contribution in [3.8, 4) is 5.75 Å². The highest BCUT2D eigenvalue weighted by molar-refractivity contribution is 7.89. The Balaban J connectivity index is 1.78. The summed E-state index contributed by atoms with van der Waals surface area (Å²) in [5.74, 6) is -1.51. The standard InChI is InChI=1S/C20H21ClFNO6S/c1-20(26)9-2-10-23(18(20)19(24)25)30(27,28)16-7-5-15(6-8-16)29-12-13-3-4-14(22)11-17(13)21/h3-8,11,18,26H,2,9-10,12H2,1H3,(H,24,25)/t18-,20+/m0/s1. The third-order valence-electron chi connectivity index (χ3n) is 5.01. The van der Waals surface area contributed by atoms with Gasteiger partial charge in [-0.25, -0.2) is 12.8 Å². The molecule has 0 spiro atoms. The van der Waals surface area contributed by atoms with Gasteiger partial charge >= 0.3 is 5.97 Å². The molecule has 2 N–H and O–H groups in total. The number of carboxylic acids is 1. The van der Waals surface area contributed by atoms with Gasteiger partial charge in [-0.05, 0) is 56.2 Å². The lowest BCUT2D eigenvalue weighted by Gasteiger charge is -2.41. The van der Waals surface area contributed by atoms with Crippen LogP contribution in [0.2, 0.25) is 5.02 Å². The van der Waals surface area contributed by atoms with E-state index in [4.69, 9.17) is 16.3 Å². The quantitative estimate of drug-likeness (QED) is 0.691. The number of halogens is 2. The Bertz CT molecular complexity index is 1040. The smallest absolute Gasteiger partial charge is 0.325 e. The summed E-state index contributed by atoms with van der Waals surface area (Å²) in [5, 5.41) is 20.1. The van der Waals surface area contributed by atoms with Crippen LogP contribution in [0.15, 0.2) is 47.4 Å². The minimum absolute atomic E-state index is 0.00321. The van der Waals surface area contributed by atoms with Gasteiger partial charge in [-0.15, -0.1) is 0 Å². The molecule has 0 unspecified atom stereocenters. The monoisotopic (exact) mass is 457 g/mol. The highest BCUT2D eigenvalue weighted by Crippen LogP contribution is 2.33. The summed E-state index contributed by atoms with van der Waals surface area (Å²) in [6.07, 6.45) is 0.532. The minimum atomic E-state index is -4.15. The summed E-state index contributed by atoms with van der Waals surface area (Å²) in [6.45, 7) is 1.38. The molecule has 0 amide bonds. The van der Waals surface area contributed by atoms with E-state index in [-0.39, 0.29) is 29.5 Å². The number of hydrogen-bond donors (Lipinski definition) is 2. The maximum Gasteiger partial charge on any atom is 0.325 e. The number of ether oxygens (including phenoxy) is 1. The van der Waals surface area contributed by atoms with Crippen LogP contribution in [-0.2, 0) is 21.4 Å². The molecule has 0 saturated carbocycles. The van der Waals surface area contributed by atoms with Crippen molar-refractivity contribution in [3.63, 3.8) is 0 Å². The van der Waals surface area contributed by atoms with Crippen molar-refractivity contribution in [1.29, 1.82) is 0 Å². The third kappa shape index (κ3) is 4.59. The van der Waals surface area contributed by atoms with E-state index in [0.717, 1.165) is 4.31 Å². The van der Waals surface area contributed by atoms with Crippen LogP contribution in [0.25, 0.3) is 0 Å². The molecule has 162 valence electrons. The molecule has 1 fully saturated rings. The fourth-order valence-corrected chi connectivity index (χ4v) is 5.40. The van der Waals surface area contributed by atoms with Crippen LogP contribution >= 0.6 is 11.6 Å². The normalized spacial score (nSPS) is 22.6. The molecule has 2 aromatic rings. The number of nitrogens with zero attached hydrogens (tertiary/aromatic N) is 1. The lowest BCUT2D eigenvalue weighted by atomic mass is 9.88. The Hall–Kier alpha value is -2.20. The van der Waals surface area contributed by atoms with Crippen LogP contribution in [0.3, 0.4) is 0 Å². The summed E-state index contributed by atoms with van der Waals surface area (Å²) in [6, 6.07) is 7.82. The molecule has 7 nitrogen and oxygen atoms in total. The lowest BCUT2D eigenvalue weighted by Crippen LogP contribution is -2.60. The Labute approximate surface area is 178 Å². The fourth-order valence-electron chi connectivity index (χ4n) is 3.46. The molecule has 0 aromatic heterocycles. The Morgan fingerprint density at radius 1 is 1.30 bits per heavy atom. The SMILES string of the molecule is C[C@@]1(O)CCCN(S(=O)(=O)c2ccc(OCc3ccc(F)cc3Cl)cc2)[C@H]1C(=O)O. The molecule has 10 heteroatoms. The number of rotatable bonds is 6. The molecule has 0 bridgehead atoms. The van der Waals surface area contributed by atoms with Crippen molar-refractivity contribution in [2.75, 3.05) is 6.54 Å². The summed E-state index contributed by atoms with van der Waals surface area (Å²) < 4.78 is 45.5. The van der Waals surface area contributed by atoms with Gasteiger partial charge in [-0.3, -0.25) is 4.79 Å². The molecular weight excluding hydrogens is 437 g/mol. The van der Waals surface area contributed by atoms with Crippen LogP contribution in [0.5, 0.6) is 5.75 Å². The van der Waals surface area contributed by atoms with E-state index in [9.17, 15) is 27.8 Å². The average molecular weight is 458 g/mol. The van der Waals surface area contributed by atoms with Gasteiger partial charge in [0.15, 0.2) is 6.04 Å². The van der Waals surface area contributed by atoms with Gasteiger partial charge in [0.25, 0.3) is 0 Å². The van der Waals surface area contributed by atoms with Gasteiger partial charge in [-0.1, -0.05) is 17.7 Å². The van der Waals surface area contributed by atoms with E-state index in [1.54, 1.807) is 0 Å². The molecule has 0 aliphatic carbocycles. The van der Waals surface area contributed by atoms with Crippen molar-refractivity contribution in [1.82, 2.24) is 4.31 Å². The van der Waals surface area contributed by atoms with Gasteiger partial charge in [0, 0.05) is 12.1 Å². The predicted molar refractivity (Wildman–Crippen MR) is 107 cm³/mol. The highest BCUT2D eigenvalue weighted by Gasteiger charge is 2.49. The first-order chi connectivity index (χ1) is 14.0. The van der Waals surface area contributed by atoms with Gasteiger partial charge < -0.3 is 14.9 Å². The van der Waals surface area contributed by atoms with E-state index in [0.29, 0.717) is 17.7 Å². The second-order valence-corrected chi connectivity index (χ2v) is 9.61. The van der Waals surface area contributed by atoms with E-state index in [1.807, 2.05) is 0 Å². The Morgan fingerprint density at radius 3 is 2.57 bits per heavy atom. The average Bonchev–Trinajstić information content (AvgIpc) is 2.66. The zero-order chi connectivity index (χ0) is 22.1. The Morgan fingerprint density at radius 2 is 1.97 bits per heavy atom. The molecule has 3 rings (SSSR count). The zero-order valence-corrected chi connectivity index (χ0v) is 17.7. The predicted octanol–water partition coefficient (Wildman–Crippen LogP) is 3.05. The van der Waals surface area contributed by atoms with E-state index in [1.165, 1.54) is 49.4 Å². The number of carboxylic acid groups (broad SMARTS) is 1. The number of sulfonamides is 1. The summed E-state index contributed by atoms with van der Waals surface area (Å²) in [5.41, 5.74) is -1.11. The summed E-state index contributed by atoms with van der Waals surface area (Å²) >= 11 is 5.96. The third-order valence-corrected chi connectivity index (χ3v) is 7.24. The van der Waals surface area contributed by atoms with Crippen molar-refractivity contribution in [2.45, 2.75) is 42.9 Å². The molecule has 1 heterocycles. The first-order valence-electron chi connectivity index (χ1n) is 9.16. The van der Waals surface area contributed by atoms with Crippen LogP contribution in [0.4, 0.5) is 4.39 Å². The number of hydrogen-bond acceptors (Lipinski definition) is 5. The van der Waals surface area contributed by atoms with Crippen molar-refractivity contribution in [2.24, 2.45) is 0 Å². The van der Waals surface area contributed by atoms with Crippen LogP contribution in [0.1, 0.15) is 25.3 Å². The largest absolute Gasteiger partial charge is 0.489 e. The first-order valence-corrected chi connectivity index (χ1v) is 11.0. The van der Waals surface area contributed by atoms with Crippen molar-refractivity contribution >= 4 is 27.6 Å². The first kappa shape index (κ1) is 22.5. The number of benzene rings is 2. The minimum Gasteiger partial charge on any atom is -0.489 e. The Kier molecular flexibility index (Phi) is 6.37. The molecular formula is C20H21ClFNO6S. The number of aliphatic hydroxyl groups is 1. The number of piperidine rings is 1. The van der Waals surface area contributed by atoms with Gasteiger partial charge in [-0.2, -0.15) is 4.31 Å². The van der Waals surface area contributed by atoms with E-state index >= 15 is 0 Å². The lowest BCUT2D eigenvalue weighted by molar-refractivity contribution is -0.153. The van der Waals surface area contributed by atoms with Gasteiger partial charge in [0.05, 0.1) is 15.5 Å². The van der Waals surface area contributed by atoms with Crippen molar-refractivity contribution in [3.05, 3.63) is 58.9 Å². The second-order valence-electron chi connectivity index (χ2n) is 7.31. The number of carbonyl (C=O) groups is 1. The molecule has 30 heavy (non-hydrogen) atoms. The molecule has 2 aromatic carbocycles. The molecule has 1 aliphatic rings. The van der Waals surface area contributed by atoms with Crippen LogP contribution in [-0.4, -0.2) is 47.1 Å². The fraction of sp³-hybridized carbons (Fsp3) is 0.350. The zero-order valence-electron chi connectivity index (χ0n) is 16.1. The van der Waals surface area contributed by atoms with E-state index in [2.05, 4.69) is 0 Å². The maximum absolute atomic E-state index is 13.1. The molecule has 2 atom stereocenters. The van der Waals surface area contributed by atoms with Crippen LogP contribution in [0, 0.1) is 5.82 Å². The molecule has 1 saturated heterocycles. The second kappa shape index (κ2) is 8.50. The highest BCUT2D eigenvalue weighted by atomic mass is 35.5. The van der Waals surface area contributed by atoms with Crippen molar-refractivity contribution < 1.29 is 32.6 Å². The maximum atomic E-state index is 13.1. The van der Waals surface area contributed by atoms with Gasteiger partial charge in [0.2, 0.25) is 10.0 Å². The molecule has 0 radical (unpaired) electrons. The van der Waals surface area contributed by atoms with E-state index < -0.39 is 33.5 Å². The number of aliphatic carboxylic acids is 1. The summed E-state index contributed by atoms with van der Waals surface area (Å²) in [7, 11) is -4.15. The summed E-state index contributed by atoms with van der Waals surface area (Å²) in [4.78, 5) is 11.5. The van der Waals surface area contributed by atoms with Gasteiger partial charge in [0.1, 0.15) is 18.2 Å².